The van der Waals surface area contributed by atoms with Crippen LogP contribution >= 0.6 is 0 Å². The number of aliphatic hydroxyl groups excluding tert-OH is 1. The summed E-state index contributed by atoms with van der Waals surface area (Å²) in [6.07, 6.45) is 7.91. The van der Waals surface area contributed by atoms with Gasteiger partial charge in [-0.1, -0.05) is 13.3 Å². The van der Waals surface area contributed by atoms with Crippen LogP contribution in [0.15, 0.2) is 0 Å². The van der Waals surface area contributed by atoms with Crippen LogP contribution < -0.4 is 0 Å². The molecule has 1 unspecified atom stereocenters. The Bertz CT molecular complexity index is 189. The van der Waals surface area contributed by atoms with Crippen LogP contribution in [0, 0.1) is 5.41 Å². The second-order valence-corrected chi connectivity index (χ2v) is 5.19. The Hall–Kier alpha value is -0.0800. The maximum Gasteiger partial charge on any atom is 0.0499 e. The fourth-order valence-electron chi connectivity index (χ4n) is 2.70. The van der Waals surface area contributed by atoms with Crippen LogP contribution in [0.1, 0.15) is 45.4 Å². The molecule has 2 fully saturated rings. The zero-order chi connectivity index (χ0) is 10.0. The van der Waals surface area contributed by atoms with Gasteiger partial charge in [-0.15, -0.1) is 0 Å². The molecule has 1 N–H and O–H groups in total. The van der Waals surface area contributed by atoms with E-state index in [-0.39, 0.29) is 0 Å². The third-order valence-electron chi connectivity index (χ3n) is 4.05. The van der Waals surface area contributed by atoms with Gasteiger partial charge < -0.3 is 5.11 Å². The molecule has 1 heterocycles. The summed E-state index contributed by atoms with van der Waals surface area (Å²) >= 11 is 0. The van der Waals surface area contributed by atoms with E-state index < -0.39 is 0 Å². The summed E-state index contributed by atoms with van der Waals surface area (Å²) in [5, 5.41) is 9.32. The molecule has 0 radical (unpaired) electrons. The molecule has 0 amide bonds. The van der Waals surface area contributed by atoms with Gasteiger partial charge in [0.1, 0.15) is 0 Å². The number of aliphatic hydroxyl groups is 1. The molecule has 82 valence electrons. The van der Waals surface area contributed by atoms with Crippen molar-refractivity contribution >= 4 is 0 Å². The molecule has 1 saturated carbocycles. The smallest absolute Gasteiger partial charge is 0.0499 e. The van der Waals surface area contributed by atoms with E-state index in [1.165, 1.54) is 45.1 Å². The highest BCUT2D eigenvalue weighted by Gasteiger charge is 2.44. The van der Waals surface area contributed by atoms with E-state index in [0.29, 0.717) is 12.0 Å². The average molecular weight is 197 g/mol. The Morgan fingerprint density at radius 3 is 2.71 bits per heavy atom. The van der Waals surface area contributed by atoms with Crippen molar-refractivity contribution in [3.05, 3.63) is 0 Å². The van der Waals surface area contributed by atoms with Gasteiger partial charge in [-0.2, -0.15) is 0 Å². The van der Waals surface area contributed by atoms with Gasteiger partial charge in [0.2, 0.25) is 0 Å². The van der Waals surface area contributed by atoms with Gasteiger partial charge in [-0.3, -0.25) is 4.90 Å². The van der Waals surface area contributed by atoms with E-state index in [0.717, 1.165) is 12.6 Å². The third kappa shape index (κ3) is 2.12. The molecular weight excluding hydrogens is 174 g/mol. The van der Waals surface area contributed by atoms with Gasteiger partial charge in [0.25, 0.3) is 0 Å². The largest absolute Gasteiger partial charge is 0.396 e. The molecule has 2 aliphatic rings. The number of hydrogen-bond donors (Lipinski definition) is 1. The van der Waals surface area contributed by atoms with Crippen LogP contribution in [0.4, 0.5) is 0 Å². The minimum atomic E-state index is 0.310. The summed E-state index contributed by atoms with van der Waals surface area (Å²) in [7, 11) is 0. The fraction of sp³-hybridized carbons (Fsp3) is 1.00. The van der Waals surface area contributed by atoms with E-state index in [1.807, 2.05) is 0 Å². The number of rotatable bonds is 4. The normalized spacial score (nSPS) is 31.7. The second kappa shape index (κ2) is 4.19. The molecule has 0 bridgehead atoms. The second-order valence-electron chi connectivity index (χ2n) is 5.19. The lowest BCUT2D eigenvalue weighted by Gasteiger charge is -2.37. The van der Waals surface area contributed by atoms with Crippen LogP contribution in [0.25, 0.3) is 0 Å². The van der Waals surface area contributed by atoms with E-state index in [4.69, 9.17) is 0 Å². The summed E-state index contributed by atoms with van der Waals surface area (Å²) in [4.78, 5) is 2.63. The van der Waals surface area contributed by atoms with Gasteiger partial charge in [-0.25, -0.2) is 0 Å². The Morgan fingerprint density at radius 1 is 1.36 bits per heavy atom. The lowest BCUT2D eigenvalue weighted by molar-refractivity contribution is 0.0887. The fourth-order valence-corrected chi connectivity index (χ4v) is 2.70. The van der Waals surface area contributed by atoms with E-state index in [9.17, 15) is 5.11 Å². The predicted octanol–water partition coefficient (Wildman–Crippen LogP) is 2.02. The molecule has 14 heavy (non-hydrogen) atoms. The molecule has 2 heteroatoms. The van der Waals surface area contributed by atoms with E-state index in [1.54, 1.807) is 0 Å². The zero-order valence-electron chi connectivity index (χ0n) is 9.34. The first-order valence-electron chi connectivity index (χ1n) is 6.14. The van der Waals surface area contributed by atoms with Gasteiger partial charge in [0.05, 0.1) is 0 Å². The Labute approximate surface area is 87.3 Å². The van der Waals surface area contributed by atoms with Crippen LogP contribution in [0.3, 0.4) is 0 Å². The van der Waals surface area contributed by atoms with Crippen LogP contribution in [0.2, 0.25) is 0 Å². The number of nitrogens with zero attached hydrogens (tertiary/aromatic N) is 1. The summed E-state index contributed by atoms with van der Waals surface area (Å²) in [6.45, 7) is 5.11. The summed E-state index contributed by atoms with van der Waals surface area (Å²) in [5.41, 5.74) is 0.310. The Balaban J connectivity index is 1.88. The minimum Gasteiger partial charge on any atom is -0.396 e. The van der Waals surface area contributed by atoms with Crippen molar-refractivity contribution in [2.24, 2.45) is 5.41 Å². The molecule has 2 nitrogen and oxygen atoms in total. The highest BCUT2D eigenvalue weighted by atomic mass is 16.3. The van der Waals surface area contributed by atoms with Crippen molar-refractivity contribution < 1.29 is 5.11 Å². The number of likely N-dealkylation sites (tertiary alicyclic amines) is 1. The maximum atomic E-state index is 9.32. The molecule has 1 atom stereocenters. The van der Waals surface area contributed by atoms with Crippen molar-refractivity contribution in [3.63, 3.8) is 0 Å². The minimum absolute atomic E-state index is 0.310. The third-order valence-corrected chi connectivity index (χ3v) is 4.05. The van der Waals surface area contributed by atoms with Crippen molar-refractivity contribution in [3.8, 4) is 0 Å². The lowest BCUT2D eigenvalue weighted by atomic mass is 9.97. The van der Waals surface area contributed by atoms with Crippen LogP contribution in [0.5, 0.6) is 0 Å². The monoisotopic (exact) mass is 197 g/mol. The summed E-state index contributed by atoms with van der Waals surface area (Å²) in [6, 6.07) is 0.799. The van der Waals surface area contributed by atoms with E-state index >= 15 is 0 Å². The van der Waals surface area contributed by atoms with E-state index in [2.05, 4.69) is 11.8 Å². The molecule has 0 spiro atoms. The van der Waals surface area contributed by atoms with Gasteiger partial charge in [0, 0.05) is 24.6 Å². The topological polar surface area (TPSA) is 23.5 Å². The van der Waals surface area contributed by atoms with Gasteiger partial charge in [-0.05, 0) is 38.6 Å². The molecule has 1 aliphatic heterocycles. The SMILES string of the molecule is CCC1CCCCN1CC1(CO)CC1. The molecule has 2 rings (SSSR count). The number of piperidine rings is 1. The first-order valence-corrected chi connectivity index (χ1v) is 6.14. The maximum absolute atomic E-state index is 9.32. The van der Waals surface area contributed by atoms with Crippen molar-refractivity contribution in [2.75, 3.05) is 19.7 Å². The summed E-state index contributed by atoms with van der Waals surface area (Å²) in [5.74, 6) is 0. The molecule has 1 saturated heterocycles. The highest BCUT2D eigenvalue weighted by molar-refractivity contribution is 4.96. The van der Waals surface area contributed by atoms with Crippen LogP contribution in [-0.4, -0.2) is 35.7 Å². The molecule has 0 aromatic heterocycles. The Morgan fingerprint density at radius 2 is 2.14 bits per heavy atom. The van der Waals surface area contributed by atoms with Crippen molar-refractivity contribution in [1.82, 2.24) is 4.90 Å². The quantitative estimate of drug-likeness (QED) is 0.745. The molecule has 0 aromatic rings. The average Bonchev–Trinajstić information content (AvgIpc) is 2.99. The molecule has 1 aliphatic carbocycles. The summed E-state index contributed by atoms with van der Waals surface area (Å²) < 4.78 is 0. The van der Waals surface area contributed by atoms with Gasteiger partial charge >= 0.3 is 0 Å². The first kappa shape index (κ1) is 10.4. The highest BCUT2D eigenvalue weighted by Crippen LogP contribution is 2.46. The Kier molecular flexibility index (Phi) is 3.13. The predicted molar refractivity (Wildman–Crippen MR) is 58.3 cm³/mol. The molecule has 0 aromatic carbocycles. The zero-order valence-corrected chi connectivity index (χ0v) is 9.34. The molecular formula is C12H23NO. The number of hydrogen-bond acceptors (Lipinski definition) is 2. The lowest BCUT2D eigenvalue weighted by Crippen LogP contribution is -2.43. The standard InChI is InChI=1S/C12H23NO/c1-2-11-5-3-4-8-13(11)9-12(10-14)6-7-12/h11,14H,2-10H2,1H3. The van der Waals surface area contributed by atoms with Crippen molar-refractivity contribution in [1.29, 1.82) is 0 Å². The van der Waals surface area contributed by atoms with Crippen molar-refractivity contribution in [2.45, 2.75) is 51.5 Å². The first-order chi connectivity index (χ1) is 6.79. The van der Waals surface area contributed by atoms with Gasteiger partial charge in [0.15, 0.2) is 0 Å². The van der Waals surface area contributed by atoms with Crippen LogP contribution in [-0.2, 0) is 0 Å².